The number of benzene rings is 2. The zero-order valence-corrected chi connectivity index (χ0v) is 19.5. The summed E-state index contributed by atoms with van der Waals surface area (Å²) >= 11 is 0. The number of nitrogens with zero attached hydrogens (tertiary/aromatic N) is 3. The molecule has 0 saturated carbocycles. The molecule has 1 saturated heterocycles. The van der Waals surface area contributed by atoms with Crippen molar-refractivity contribution in [2.75, 3.05) is 40.5 Å². The molecule has 4 N–H and O–H groups in total. The predicted octanol–water partition coefficient (Wildman–Crippen LogP) is 1.76. The summed E-state index contributed by atoms with van der Waals surface area (Å²) in [6.07, 6.45) is 1.39. The molecule has 1 aromatic heterocycles. The van der Waals surface area contributed by atoms with Gasteiger partial charge in [-0.2, -0.15) is 0 Å². The maximum Gasteiger partial charge on any atom is 0.330 e. The van der Waals surface area contributed by atoms with E-state index < -0.39 is 11.2 Å². The van der Waals surface area contributed by atoms with Gasteiger partial charge in [0, 0.05) is 30.9 Å². The standard InChI is InChI=1S/C25H28N6O4/c1-2-29(16-20(32)27-18-10-12-19(13-11-18)30-14-6-9-21(30)33)22-23(26)31(25(35)28-24(22)34)15-17-7-4-3-5-8-17/h3-5,7-8,10-13H,2,6,9,14-16,26H2,1H3,(H,27,32)(H,28,34,35). The van der Waals surface area contributed by atoms with Crippen LogP contribution in [-0.4, -0.2) is 41.0 Å². The molecule has 1 fully saturated rings. The van der Waals surface area contributed by atoms with E-state index in [4.69, 9.17) is 5.73 Å². The van der Waals surface area contributed by atoms with Gasteiger partial charge in [-0.05, 0) is 43.2 Å². The second-order valence-corrected chi connectivity index (χ2v) is 8.32. The summed E-state index contributed by atoms with van der Waals surface area (Å²) in [5, 5.41) is 2.80. The highest BCUT2D eigenvalue weighted by Crippen LogP contribution is 2.23. The molecule has 1 aliphatic heterocycles. The lowest BCUT2D eigenvalue weighted by Gasteiger charge is -2.24. The van der Waals surface area contributed by atoms with Crippen molar-refractivity contribution in [2.24, 2.45) is 0 Å². The summed E-state index contributed by atoms with van der Waals surface area (Å²) in [6.45, 7) is 2.85. The maximum absolute atomic E-state index is 12.8. The quantitative estimate of drug-likeness (QED) is 0.454. The summed E-state index contributed by atoms with van der Waals surface area (Å²) in [5.74, 6) is -0.259. The van der Waals surface area contributed by atoms with Crippen molar-refractivity contribution in [3.63, 3.8) is 0 Å². The maximum atomic E-state index is 12.8. The number of aromatic amines is 1. The van der Waals surface area contributed by atoms with Crippen molar-refractivity contribution in [3.05, 3.63) is 81.0 Å². The van der Waals surface area contributed by atoms with E-state index in [9.17, 15) is 19.2 Å². The number of anilines is 4. The molecule has 10 heteroatoms. The van der Waals surface area contributed by atoms with Crippen LogP contribution in [0.3, 0.4) is 0 Å². The summed E-state index contributed by atoms with van der Waals surface area (Å²) in [7, 11) is 0. The molecule has 10 nitrogen and oxygen atoms in total. The smallest absolute Gasteiger partial charge is 0.330 e. The molecule has 182 valence electrons. The zero-order chi connectivity index (χ0) is 24.9. The van der Waals surface area contributed by atoms with E-state index in [2.05, 4.69) is 10.3 Å². The van der Waals surface area contributed by atoms with Crippen molar-refractivity contribution >= 4 is 34.7 Å². The minimum Gasteiger partial charge on any atom is -0.383 e. The van der Waals surface area contributed by atoms with Gasteiger partial charge in [0.15, 0.2) is 0 Å². The Labute approximate surface area is 202 Å². The van der Waals surface area contributed by atoms with Gasteiger partial charge in [0.2, 0.25) is 11.8 Å². The lowest BCUT2D eigenvalue weighted by Crippen LogP contribution is -2.41. The number of carbonyl (C=O) groups excluding carboxylic acids is 2. The normalized spacial score (nSPS) is 13.2. The molecule has 0 aliphatic carbocycles. The van der Waals surface area contributed by atoms with Crippen LogP contribution < -0.4 is 32.1 Å². The number of hydrogen-bond acceptors (Lipinski definition) is 6. The molecule has 35 heavy (non-hydrogen) atoms. The fraction of sp³-hybridized carbons (Fsp3) is 0.280. The second-order valence-electron chi connectivity index (χ2n) is 8.32. The molecule has 3 aromatic rings. The monoisotopic (exact) mass is 476 g/mol. The zero-order valence-electron chi connectivity index (χ0n) is 19.5. The van der Waals surface area contributed by atoms with E-state index in [1.807, 2.05) is 30.3 Å². The van der Waals surface area contributed by atoms with Gasteiger partial charge >= 0.3 is 5.69 Å². The third-order valence-electron chi connectivity index (χ3n) is 5.97. The Morgan fingerprint density at radius 3 is 2.43 bits per heavy atom. The average Bonchev–Trinajstić information content (AvgIpc) is 3.28. The van der Waals surface area contributed by atoms with Crippen LogP contribution >= 0.6 is 0 Å². The van der Waals surface area contributed by atoms with Gasteiger partial charge in [0.25, 0.3) is 5.56 Å². The Balaban J connectivity index is 1.50. The number of likely N-dealkylation sites (N-methyl/N-ethyl adjacent to an activating group) is 1. The van der Waals surface area contributed by atoms with Crippen LogP contribution in [0.15, 0.2) is 64.2 Å². The molecular formula is C25H28N6O4. The topological polar surface area (TPSA) is 134 Å². The number of nitrogens with two attached hydrogens (primary N) is 1. The van der Waals surface area contributed by atoms with Gasteiger partial charge in [0.1, 0.15) is 11.5 Å². The molecular weight excluding hydrogens is 448 g/mol. The number of H-pyrrole nitrogens is 1. The Hall–Kier alpha value is -4.34. The van der Waals surface area contributed by atoms with Crippen molar-refractivity contribution < 1.29 is 9.59 Å². The lowest BCUT2D eigenvalue weighted by atomic mass is 10.2. The molecule has 0 unspecified atom stereocenters. The molecule has 0 spiro atoms. The summed E-state index contributed by atoms with van der Waals surface area (Å²) < 4.78 is 1.28. The van der Waals surface area contributed by atoms with Gasteiger partial charge in [-0.1, -0.05) is 30.3 Å². The van der Waals surface area contributed by atoms with Crippen LogP contribution in [-0.2, 0) is 16.1 Å². The fourth-order valence-electron chi connectivity index (χ4n) is 4.17. The minimum atomic E-state index is -0.647. The molecule has 0 radical (unpaired) electrons. The number of nitrogen functional groups attached to an aromatic ring is 1. The number of carbonyl (C=O) groups is 2. The molecule has 1 aliphatic rings. The summed E-state index contributed by atoms with van der Waals surface area (Å²) in [6, 6.07) is 16.3. The Morgan fingerprint density at radius 2 is 1.80 bits per heavy atom. The molecule has 2 amide bonds. The summed E-state index contributed by atoms with van der Waals surface area (Å²) in [4.78, 5) is 55.3. The Bertz CT molecular complexity index is 1330. The van der Waals surface area contributed by atoms with Gasteiger partial charge < -0.3 is 20.9 Å². The van der Waals surface area contributed by atoms with Crippen LogP contribution in [0.25, 0.3) is 0 Å². The van der Waals surface area contributed by atoms with Crippen LogP contribution in [0.1, 0.15) is 25.3 Å². The number of hydrogen-bond donors (Lipinski definition) is 3. The third-order valence-corrected chi connectivity index (χ3v) is 5.97. The second kappa shape index (κ2) is 10.3. The van der Waals surface area contributed by atoms with E-state index in [0.29, 0.717) is 25.2 Å². The first-order valence-electron chi connectivity index (χ1n) is 11.5. The van der Waals surface area contributed by atoms with E-state index in [1.165, 1.54) is 9.47 Å². The van der Waals surface area contributed by atoms with Gasteiger partial charge in [0.05, 0.1) is 13.1 Å². The van der Waals surface area contributed by atoms with Crippen LogP contribution in [0.5, 0.6) is 0 Å². The number of nitrogens with one attached hydrogen (secondary N) is 2. The van der Waals surface area contributed by atoms with Crippen molar-refractivity contribution in [2.45, 2.75) is 26.3 Å². The predicted molar refractivity (Wildman–Crippen MR) is 136 cm³/mol. The first-order chi connectivity index (χ1) is 16.9. The highest BCUT2D eigenvalue weighted by atomic mass is 16.2. The minimum absolute atomic E-state index is 0.00288. The van der Waals surface area contributed by atoms with Crippen molar-refractivity contribution in [1.82, 2.24) is 9.55 Å². The van der Waals surface area contributed by atoms with Crippen molar-refractivity contribution in [3.8, 4) is 0 Å². The summed E-state index contributed by atoms with van der Waals surface area (Å²) in [5.41, 5.74) is 7.28. The van der Waals surface area contributed by atoms with Crippen molar-refractivity contribution in [1.29, 1.82) is 0 Å². The average molecular weight is 477 g/mol. The van der Waals surface area contributed by atoms with Gasteiger partial charge in [-0.3, -0.25) is 23.9 Å². The van der Waals surface area contributed by atoms with E-state index >= 15 is 0 Å². The molecule has 2 heterocycles. The highest BCUT2D eigenvalue weighted by Gasteiger charge is 2.22. The van der Waals surface area contributed by atoms with E-state index in [-0.39, 0.29) is 36.4 Å². The first-order valence-corrected chi connectivity index (χ1v) is 11.5. The highest BCUT2D eigenvalue weighted by molar-refractivity contribution is 5.97. The van der Waals surface area contributed by atoms with Gasteiger partial charge in [-0.15, -0.1) is 0 Å². The molecule has 4 rings (SSSR count). The van der Waals surface area contributed by atoms with Crippen LogP contribution in [0.4, 0.5) is 22.9 Å². The third kappa shape index (κ3) is 5.26. The van der Waals surface area contributed by atoms with Gasteiger partial charge in [-0.25, -0.2) is 4.79 Å². The molecule has 2 aromatic carbocycles. The Morgan fingerprint density at radius 1 is 1.09 bits per heavy atom. The van der Waals surface area contributed by atoms with E-state index in [1.54, 1.807) is 36.1 Å². The number of amides is 2. The lowest BCUT2D eigenvalue weighted by molar-refractivity contribution is -0.117. The number of rotatable bonds is 8. The van der Waals surface area contributed by atoms with Crippen LogP contribution in [0.2, 0.25) is 0 Å². The Kier molecular flexibility index (Phi) is 7.00. The molecule has 0 bridgehead atoms. The number of aromatic nitrogens is 2. The first kappa shape index (κ1) is 23.8. The SMILES string of the molecule is CCN(CC(=O)Nc1ccc(N2CCCC2=O)cc1)c1c(N)n(Cc2ccccc2)c(=O)[nH]c1=O. The molecule has 0 atom stereocenters. The van der Waals surface area contributed by atoms with E-state index in [0.717, 1.165) is 17.7 Å². The largest absolute Gasteiger partial charge is 0.383 e. The van der Waals surface area contributed by atoms with Crippen LogP contribution in [0, 0.1) is 0 Å². The fourth-order valence-corrected chi connectivity index (χ4v) is 4.17.